The summed E-state index contributed by atoms with van der Waals surface area (Å²) in [6.07, 6.45) is 0.947. The molecule has 1 rings (SSSR count). The third-order valence-electron chi connectivity index (χ3n) is 2.59. The van der Waals surface area contributed by atoms with Gasteiger partial charge in [-0.1, -0.05) is 0 Å². The summed E-state index contributed by atoms with van der Waals surface area (Å²) >= 11 is 0. The maximum Gasteiger partial charge on any atom is 0.315 e. The summed E-state index contributed by atoms with van der Waals surface area (Å²) in [6, 6.07) is -0.457. The lowest BCUT2D eigenvalue weighted by Crippen LogP contribution is -2.51. The van der Waals surface area contributed by atoms with Crippen LogP contribution in [0.3, 0.4) is 0 Å². The topological polar surface area (TPSA) is 98.7 Å². The predicted octanol–water partition coefficient (Wildman–Crippen LogP) is -0.619. The van der Waals surface area contributed by atoms with Crippen molar-refractivity contribution < 1.29 is 19.5 Å². The van der Waals surface area contributed by atoms with Crippen molar-refractivity contribution in [2.24, 2.45) is 0 Å². The van der Waals surface area contributed by atoms with Crippen molar-refractivity contribution in [3.05, 3.63) is 0 Å². The molecule has 1 aliphatic rings. The van der Waals surface area contributed by atoms with Crippen LogP contribution in [0, 0.1) is 0 Å². The summed E-state index contributed by atoms with van der Waals surface area (Å²) in [5, 5.41) is 13.6. The molecule has 1 saturated heterocycles. The first-order valence-electron chi connectivity index (χ1n) is 5.49. The molecular formula is C10H17N3O4. The SMILES string of the molecule is CN1CC(NC(=O)NCCC(=O)O)CCC1=O. The van der Waals surface area contributed by atoms with Crippen LogP contribution in [0.15, 0.2) is 0 Å². The average molecular weight is 243 g/mol. The van der Waals surface area contributed by atoms with Crippen molar-refractivity contribution in [1.29, 1.82) is 0 Å². The van der Waals surface area contributed by atoms with Crippen LogP contribution in [0.25, 0.3) is 0 Å². The predicted molar refractivity (Wildman–Crippen MR) is 59.4 cm³/mol. The van der Waals surface area contributed by atoms with Crippen LogP contribution in [0.2, 0.25) is 0 Å². The molecule has 0 saturated carbocycles. The number of carboxylic acids is 1. The van der Waals surface area contributed by atoms with Crippen molar-refractivity contribution in [2.45, 2.75) is 25.3 Å². The Bertz CT molecular complexity index is 319. The number of amides is 3. The molecule has 3 amide bonds. The van der Waals surface area contributed by atoms with Crippen LogP contribution in [0.5, 0.6) is 0 Å². The molecule has 7 nitrogen and oxygen atoms in total. The molecule has 0 spiro atoms. The van der Waals surface area contributed by atoms with E-state index < -0.39 is 5.97 Å². The Balaban J connectivity index is 2.22. The third kappa shape index (κ3) is 4.71. The van der Waals surface area contributed by atoms with Gasteiger partial charge in [0, 0.05) is 32.6 Å². The van der Waals surface area contributed by atoms with E-state index in [1.54, 1.807) is 11.9 Å². The highest BCUT2D eigenvalue weighted by Crippen LogP contribution is 2.09. The Morgan fingerprint density at radius 2 is 2.24 bits per heavy atom. The molecule has 1 atom stereocenters. The van der Waals surface area contributed by atoms with E-state index in [9.17, 15) is 14.4 Å². The number of carboxylic acid groups (broad SMARTS) is 1. The van der Waals surface area contributed by atoms with Crippen molar-refractivity contribution in [3.63, 3.8) is 0 Å². The van der Waals surface area contributed by atoms with Crippen molar-refractivity contribution in [1.82, 2.24) is 15.5 Å². The summed E-state index contributed by atoms with van der Waals surface area (Å²) in [5.74, 6) is -0.873. The van der Waals surface area contributed by atoms with Gasteiger partial charge in [-0.05, 0) is 6.42 Å². The van der Waals surface area contributed by atoms with Crippen molar-refractivity contribution in [3.8, 4) is 0 Å². The lowest BCUT2D eigenvalue weighted by molar-refractivity contribution is -0.137. The zero-order chi connectivity index (χ0) is 12.8. The van der Waals surface area contributed by atoms with E-state index in [4.69, 9.17) is 5.11 Å². The van der Waals surface area contributed by atoms with Crippen LogP contribution < -0.4 is 10.6 Å². The summed E-state index contributed by atoms with van der Waals surface area (Å²) < 4.78 is 0. The normalized spacial score (nSPS) is 19.9. The quantitative estimate of drug-likeness (QED) is 0.613. The Labute approximate surface area is 99.2 Å². The van der Waals surface area contributed by atoms with Gasteiger partial charge < -0.3 is 20.6 Å². The molecule has 96 valence electrons. The molecule has 0 aromatic carbocycles. The number of likely N-dealkylation sites (tertiary alicyclic amines) is 1. The second kappa shape index (κ2) is 6.07. The number of piperidine rings is 1. The Hall–Kier alpha value is -1.79. The first kappa shape index (κ1) is 13.3. The number of carbonyl (C=O) groups is 3. The van der Waals surface area contributed by atoms with Gasteiger partial charge in [-0.25, -0.2) is 4.79 Å². The highest BCUT2D eigenvalue weighted by Gasteiger charge is 2.23. The van der Waals surface area contributed by atoms with E-state index in [1.165, 1.54) is 0 Å². The van der Waals surface area contributed by atoms with E-state index in [1.807, 2.05) is 0 Å². The van der Waals surface area contributed by atoms with Gasteiger partial charge in [0.25, 0.3) is 0 Å². The summed E-state index contributed by atoms with van der Waals surface area (Å²) in [6.45, 7) is 0.591. The van der Waals surface area contributed by atoms with Gasteiger partial charge in [-0.3, -0.25) is 9.59 Å². The second-order valence-electron chi connectivity index (χ2n) is 4.05. The van der Waals surface area contributed by atoms with Gasteiger partial charge in [0.15, 0.2) is 0 Å². The fraction of sp³-hybridized carbons (Fsp3) is 0.700. The molecule has 0 aromatic heterocycles. The maximum absolute atomic E-state index is 11.4. The molecule has 0 radical (unpaired) electrons. The smallest absolute Gasteiger partial charge is 0.315 e. The van der Waals surface area contributed by atoms with Gasteiger partial charge in [-0.2, -0.15) is 0 Å². The van der Waals surface area contributed by atoms with Crippen LogP contribution in [-0.2, 0) is 9.59 Å². The zero-order valence-electron chi connectivity index (χ0n) is 9.73. The molecule has 1 heterocycles. The lowest BCUT2D eigenvalue weighted by atomic mass is 10.1. The number of hydrogen-bond acceptors (Lipinski definition) is 3. The minimum atomic E-state index is -0.951. The number of hydrogen-bond donors (Lipinski definition) is 3. The molecule has 0 aromatic rings. The van der Waals surface area contributed by atoms with Crippen LogP contribution in [-0.4, -0.2) is 54.1 Å². The number of nitrogens with one attached hydrogen (secondary N) is 2. The Kier molecular flexibility index (Phi) is 4.74. The summed E-state index contributed by atoms with van der Waals surface area (Å²) in [5.41, 5.74) is 0. The summed E-state index contributed by atoms with van der Waals surface area (Å²) in [4.78, 5) is 34.4. The highest BCUT2D eigenvalue weighted by molar-refractivity contribution is 5.78. The van der Waals surface area contributed by atoms with Gasteiger partial charge >= 0.3 is 12.0 Å². The second-order valence-corrected chi connectivity index (χ2v) is 4.05. The standard InChI is InChI=1S/C10H17N3O4/c1-13-6-7(2-3-8(13)14)12-10(17)11-5-4-9(15)16/h7H,2-6H2,1H3,(H,15,16)(H2,11,12,17). The van der Waals surface area contributed by atoms with Gasteiger partial charge in [-0.15, -0.1) is 0 Å². The van der Waals surface area contributed by atoms with E-state index in [-0.39, 0.29) is 30.9 Å². The van der Waals surface area contributed by atoms with Gasteiger partial charge in [0.2, 0.25) is 5.91 Å². The molecule has 1 fully saturated rings. The Morgan fingerprint density at radius 3 is 2.82 bits per heavy atom. The maximum atomic E-state index is 11.4. The summed E-state index contributed by atoms with van der Waals surface area (Å²) in [7, 11) is 1.69. The number of rotatable bonds is 4. The van der Waals surface area contributed by atoms with Crippen molar-refractivity contribution >= 4 is 17.9 Å². The first-order valence-corrected chi connectivity index (χ1v) is 5.49. The number of urea groups is 1. The first-order chi connectivity index (χ1) is 7.99. The average Bonchev–Trinajstić information content (AvgIpc) is 2.23. The zero-order valence-corrected chi connectivity index (χ0v) is 9.73. The number of aliphatic carboxylic acids is 1. The van der Waals surface area contributed by atoms with Gasteiger partial charge in [0.1, 0.15) is 0 Å². The molecular weight excluding hydrogens is 226 g/mol. The van der Waals surface area contributed by atoms with Crippen LogP contribution in [0.4, 0.5) is 4.79 Å². The molecule has 3 N–H and O–H groups in total. The molecule has 7 heteroatoms. The lowest BCUT2D eigenvalue weighted by Gasteiger charge is -2.30. The van der Waals surface area contributed by atoms with Gasteiger partial charge in [0.05, 0.1) is 6.42 Å². The molecule has 17 heavy (non-hydrogen) atoms. The molecule has 1 aliphatic heterocycles. The third-order valence-corrected chi connectivity index (χ3v) is 2.59. The minimum absolute atomic E-state index is 0.0671. The van der Waals surface area contributed by atoms with Crippen molar-refractivity contribution in [2.75, 3.05) is 20.1 Å². The van der Waals surface area contributed by atoms with E-state index in [2.05, 4.69) is 10.6 Å². The fourth-order valence-corrected chi connectivity index (χ4v) is 1.65. The fourth-order valence-electron chi connectivity index (χ4n) is 1.65. The number of nitrogens with zero attached hydrogens (tertiary/aromatic N) is 1. The largest absolute Gasteiger partial charge is 0.481 e. The molecule has 0 bridgehead atoms. The molecule has 0 aliphatic carbocycles. The van der Waals surface area contributed by atoms with Crippen LogP contribution in [0.1, 0.15) is 19.3 Å². The van der Waals surface area contributed by atoms with E-state index in [0.717, 1.165) is 0 Å². The van der Waals surface area contributed by atoms with E-state index >= 15 is 0 Å². The monoisotopic (exact) mass is 243 g/mol. The van der Waals surface area contributed by atoms with Crippen LogP contribution >= 0.6 is 0 Å². The van der Waals surface area contributed by atoms with E-state index in [0.29, 0.717) is 19.4 Å². The highest BCUT2D eigenvalue weighted by atomic mass is 16.4. The number of likely N-dealkylation sites (N-methyl/N-ethyl adjacent to an activating group) is 1. The Morgan fingerprint density at radius 1 is 1.53 bits per heavy atom. The minimum Gasteiger partial charge on any atom is -0.481 e. The molecule has 1 unspecified atom stereocenters. The number of carbonyl (C=O) groups excluding carboxylic acids is 2.